The second kappa shape index (κ2) is 8.39. The molecule has 1 aliphatic rings. The summed E-state index contributed by atoms with van der Waals surface area (Å²) >= 11 is 0. The van der Waals surface area contributed by atoms with Crippen molar-refractivity contribution in [2.75, 3.05) is 0 Å². The predicted octanol–water partition coefficient (Wildman–Crippen LogP) is -0.447. The summed E-state index contributed by atoms with van der Waals surface area (Å²) in [4.78, 5) is 24.6. The molecular formula is C21H18O13. The Morgan fingerprint density at radius 3 is 2.24 bits per heavy atom. The summed E-state index contributed by atoms with van der Waals surface area (Å²) in [6, 6.07) is 5.13. The summed E-state index contributed by atoms with van der Waals surface area (Å²) in [5, 5.41) is 78.3. The van der Waals surface area contributed by atoms with Gasteiger partial charge in [0.2, 0.25) is 17.5 Å². The Kier molecular flexibility index (Phi) is 5.70. The van der Waals surface area contributed by atoms with E-state index in [-0.39, 0.29) is 11.1 Å². The standard InChI is InChI=1S/C21H18O13/c22-7-4-10(25)12-11(5-7)32-17(6-1-2-8(23)9(24)3-6)18(13(12)26)33-21-16(29)14(27)15(28)19(34-21)20(30)31/h1-5,14-16,19,21-25,27-29H,(H,30,31)/t14-,15-,16+,19-,21?/m1/s1. The molecule has 3 aromatic rings. The third-order valence-electron chi connectivity index (χ3n) is 5.20. The average Bonchev–Trinajstić information content (AvgIpc) is 2.76. The molecule has 5 atom stereocenters. The van der Waals surface area contributed by atoms with E-state index in [0.717, 1.165) is 24.3 Å². The third kappa shape index (κ3) is 3.82. The predicted molar refractivity (Wildman–Crippen MR) is 110 cm³/mol. The number of fused-ring (bicyclic) bond motifs is 1. The number of rotatable bonds is 4. The fourth-order valence-corrected chi connectivity index (χ4v) is 3.50. The Balaban J connectivity index is 1.91. The van der Waals surface area contributed by atoms with Crippen LogP contribution in [0.4, 0.5) is 0 Å². The molecule has 0 spiro atoms. The van der Waals surface area contributed by atoms with Crippen LogP contribution in [0, 0.1) is 0 Å². The van der Waals surface area contributed by atoms with E-state index in [9.17, 15) is 50.4 Å². The quantitative estimate of drug-likeness (QED) is 0.223. The van der Waals surface area contributed by atoms with Crippen LogP contribution in [0.5, 0.6) is 28.7 Å². The molecular weight excluding hydrogens is 460 g/mol. The van der Waals surface area contributed by atoms with Crippen LogP contribution in [0.1, 0.15) is 0 Å². The van der Waals surface area contributed by atoms with Gasteiger partial charge in [-0.25, -0.2) is 4.79 Å². The number of phenolic OH excluding ortho intramolecular Hbond substituents is 4. The number of hydrogen-bond acceptors (Lipinski definition) is 12. The molecule has 0 aliphatic carbocycles. The summed E-state index contributed by atoms with van der Waals surface area (Å²) in [6.45, 7) is 0. The van der Waals surface area contributed by atoms with Crippen molar-refractivity contribution in [1.29, 1.82) is 0 Å². The molecule has 0 bridgehead atoms. The highest BCUT2D eigenvalue weighted by Gasteiger charge is 2.48. The molecule has 4 rings (SSSR count). The maximum absolute atomic E-state index is 13.2. The van der Waals surface area contributed by atoms with Gasteiger partial charge < -0.3 is 54.7 Å². The number of carboxylic acids is 1. The van der Waals surface area contributed by atoms with Crippen LogP contribution in [0.2, 0.25) is 0 Å². The zero-order chi connectivity index (χ0) is 24.9. The van der Waals surface area contributed by atoms with Gasteiger partial charge in [-0.2, -0.15) is 0 Å². The van der Waals surface area contributed by atoms with Crippen LogP contribution in [0.25, 0.3) is 22.3 Å². The molecule has 8 N–H and O–H groups in total. The molecule has 0 saturated carbocycles. The lowest BCUT2D eigenvalue weighted by molar-refractivity contribution is -0.271. The molecule has 1 aromatic heterocycles. The molecule has 1 aliphatic heterocycles. The highest BCUT2D eigenvalue weighted by atomic mass is 16.7. The number of aromatic hydroxyl groups is 4. The molecule has 1 fully saturated rings. The maximum Gasteiger partial charge on any atom is 0.335 e. The number of benzene rings is 2. The number of carbonyl (C=O) groups is 1. The van der Waals surface area contributed by atoms with Crippen molar-refractivity contribution in [2.24, 2.45) is 0 Å². The van der Waals surface area contributed by atoms with Gasteiger partial charge >= 0.3 is 5.97 Å². The highest BCUT2D eigenvalue weighted by molar-refractivity contribution is 5.88. The van der Waals surface area contributed by atoms with Crippen molar-refractivity contribution >= 4 is 16.9 Å². The lowest BCUT2D eigenvalue weighted by Gasteiger charge is -2.38. The van der Waals surface area contributed by atoms with Crippen molar-refractivity contribution in [3.63, 3.8) is 0 Å². The molecule has 1 saturated heterocycles. The molecule has 0 amide bonds. The van der Waals surface area contributed by atoms with Crippen LogP contribution < -0.4 is 10.2 Å². The summed E-state index contributed by atoms with van der Waals surface area (Å²) in [6.07, 6.45) is -10.1. The Hall–Kier alpha value is -4.04. The minimum absolute atomic E-state index is 0.0483. The lowest BCUT2D eigenvalue weighted by atomic mass is 9.99. The first-order valence-corrected chi connectivity index (χ1v) is 9.64. The maximum atomic E-state index is 13.2. The Labute approximate surface area is 188 Å². The van der Waals surface area contributed by atoms with Crippen molar-refractivity contribution in [1.82, 2.24) is 0 Å². The van der Waals surface area contributed by atoms with Crippen molar-refractivity contribution in [3.8, 4) is 40.1 Å². The molecule has 13 nitrogen and oxygen atoms in total. The second-order valence-electron chi connectivity index (χ2n) is 7.48. The number of ether oxygens (including phenoxy) is 2. The van der Waals surface area contributed by atoms with Gasteiger partial charge in [-0.15, -0.1) is 0 Å². The second-order valence-corrected chi connectivity index (χ2v) is 7.48. The first-order chi connectivity index (χ1) is 16.0. The van der Waals surface area contributed by atoms with Gasteiger partial charge in [0.1, 0.15) is 40.8 Å². The van der Waals surface area contributed by atoms with Gasteiger partial charge in [-0.3, -0.25) is 4.79 Å². The van der Waals surface area contributed by atoms with Crippen LogP contribution >= 0.6 is 0 Å². The van der Waals surface area contributed by atoms with E-state index >= 15 is 0 Å². The summed E-state index contributed by atoms with van der Waals surface area (Å²) in [7, 11) is 0. The van der Waals surface area contributed by atoms with Gasteiger partial charge in [0.15, 0.2) is 23.4 Å². The van der Waals surface area contributed by atoms with Crippen LogP contribution in [-0.2, 0) is 9.53 Å². The minimum atomic E-state index is -2.03. The Morgan fingerprint density at radius 1 is 0.882 bits per heavy atom. The summed E-state index contributed by atoms with van der Waals surface area (Å²) in [5.74, 6) is -5.11. The molecule has 0 radical (unpaired) electrons. The van der Waals surface area contributed by atoms with E-state index < -0.39 is 82.0 Å². The van der Waals surface area contributed by atoms with Gasteiger partial charge in [0, 0.05) is 17.7 Å². The van der Waals surface area contributed by atoms with E-state index in [1.54, 1.807) is 0 Å². The normalized spacial score (nSPS) is 24.7. The molecule has 2 aromatic carbocycles. The summed E-state index contributed by atoms with van der Waals surface area (Å²) < 4.78 is 16.1. The summed E-state index contributed by atoms with van der Waals surface area (Å²) in [5.41, 5.74) is -1.40. The van der Waals surface area contributed by atoms with E-state index in [0.29, 0.717) is 0 Å². The molecule has 34 heavy (non-hydrogen) atoms. The average molecular weight is 478 g/mol. The van der Waals surface area contributed by atoms with Gasteiger partial charge in [-0.1, -0.05) is 0 Å². The third-order valence-corrected chi connectivity index (χ3v) is 5.20. The van der Waals surface area contributed by atoms with Crippen molar-refractivity contribution in [2.45, 2.75) is 30.7 Å². The molecule has 2 heterocycles. The number of aliphatic hydroxyl groups excluding tert-OH is 3. The van der Waals surface area contributed by atoms with E-state index in [4.69, 9.17) is 13.9 Å². The van der Waals surface area contributed by atoms with E-state index in [2.05, 4.69) is 0 Å². The largest absolute Gasteiger partial charge is 0.508 e. The molecule has 1 unspecified atom stereocenters. The fraction of sp³-hybridized carbons (Fsp3) is 0.238. The number of aliphatic carboxylic acids is 1. The van der Waals surface area contributed by atoms with Gasteiger partial charge in [-0.05, 0) is 18.2 Å². The Morgan fingerprint density at radius 2 is 1.59 bits per heavy atom. The minimum Gasteiger partial charge on any atom is -0.508 e. The molecule has 13 heteroatoms. The number of hydrogen-bond donors (Lipinski definition) is 8. The lowest BCUT2D eigenvalue weighted by Crippen LogP contribution is -2.61. The zero-order valence-electron chi connectivity index (χ0n) is 16.9. The highest BCUT2D eigenvalue weighted by Crippen LogP contribution is 2.39. The van der Waals surface area contributed by atoms with Crippen molar-refractivity contribution in [3.05, 3.63) is 40.6 Å². The first kappa shape index (κ1) is 23.1. The Bertz CT molecular complexity index is 1330. The topological polar surface area (TPSA) is 228 Å². The monoisotopic (exact) mass is 478 g/mol. The smallest absolute Gasteiger partial charge is 0.335 e. The van der Waals surface area contributed by atoms with Gasteiger partial charge in [0.25, 0.3) is 0 Å². The van der Waals surface area contributed by atoms with E-state index in [1.165, 1.54) is 6.07 Å². The molecule has 180 valence electrons. The van der Waals surface area contributed by atoms with Crippen LogP contribution in [0.3, 0.4) is 0 Å². The number of aliphatic hydroxyl groups is 3. The number of phenols is 4. The van der Waals surface area contributed by atoms with Gasteiger partial charge in [0.05, 0.1) is 0 Å². The van der Waals surface area contributed by atoms with E-state index in [1.807, 2.05) is 0 Å². The zero-order valence-corrected chi connectivity index (χ0v) is 16.9. The van der Waals surface area contributed by atoms with Crippen LogP contribution in [-0.4, -0.2) is 77.5 Å². The van der Waals surface area contributed by atoms with Crippen molar-refractivity contribution < 1.29 is 59.5 Å². The fourth-order valence-electron chi connectivity index (χ4n) is 3.50. The first-order valence-electron chi connectivity index (χ1n) is 9.64. The number of carboxylic acid groups (broad SMARTS) is 1. The van der Waals surface area contributed by atoms with Crippen LogP contribution in [0.15, 0.2) is 39.5 Å². The SMILES string of the molecule is O=C(O)[C@@H]1OC(Oc2c(-c3ccc(O)c(O)c3)oc3cc(O)cc(O)c3c2=O)[C@@H](O)[C@H](O)[C@H]1O.